The van der Waals surface area contributed by atoms with Gasteiger partial charge in [-0.1, -0.05) is 42.4 Å². The van der Waals surface area contributed by atoms with Gasteiger partial charge < -0.3 is 9.84 Å². The van der Waals surface area contributed by atoms with E-state index >= 15 is 0 Å². The lowest BCUT2D eigenvalue weighted by molar-refractivity contribution is -0.142. The van der Waals surface area contributed by atoms with Crippen molar-refractivity contribution >= 4 is 12.1 Å². The van der Waals surface area contributed by atoms with Crippen LogP contribution in [0, 0.1) is 0 Å². The van der Waals surface area contributed by atoms with Gasteiger partial charge in [0, 0.05) is 11.5 Å². The smallest absolute Gasteiger partial charge is 0.410 e. The zero-order chi connectivity index (χ0) is 16.4. The van der Waals surface area contributed by atoms with Crippen LogP contribution in [-0.2, 0) is 16.1 Å². The third-order valence-corrected chi connectivity index (χ3v) is 2.88. The standard InChI is InChI=1S/C14H18N4O4/c1-2-8-18(12(13(19)20)9-16-17-15)14(21)22-10-11-6-4-3-5-7-11/h3-7,12H,2,8-10H2,1H3,(H,19,20). The van der Waals surface area contributed by atoms with E-state index in [9.17, 15) is 14.7 Å². The number of nitrogens with zero attached hydrogens (tertiary/aromatic N) is 4. The van der Waals surface area contributed by atoms with E-state index in [4.69, 9.17) is 10.3 Å². The van der Waals surface area contributed by atoms with Gasteiger partial charge in [-0.25, -0.2) is 9.59 Å². The number of azide groups is 1. The molecule has 0 saturated heterocycles. The van der Waals surface area contributed by atoms with Gasteiger partial charge in [-0.05, 0) is 17.5 Å². The number of carboxylic acid groups (broad SMARTS) is 1. The Labute approximate surface area is 127 Å². The van der Waals surface area contributed by atoms with Gasteiger partial charge in [-0.2, -0.15) is 0 Å². The van der Waals surface area contributed by atoms with E-state index < -0.39 is 18.1 Å². The summed E-state index contributed by atoms with van der Waals surface area (Å²) in [5.41, 5.74) is 9.13. The van der Waals surface area contributed by atoms with Crippen LogP contribution in [0.3, 0.4) is 0 Å². The fourth-order valence-corrected chi connectivity index (χ4v) is 1.84. The highest BCUT2D eigenvalue weighted by Gasteiger charge is 2.29. The number of hydrogen-bond donors (Lipinski definition) is 1. The minimum Gasteiger partial charge on any atom is -0.480 e. The number of carbonyl (C=O) groups excluding carboxylic acids is 1. The average molecular weight is 306 g/mol. The molecule has 8 heteroatoms. The molecule has 0 saturated carbocycles. The molecule has 1 amide bonds. The number of carbonyl (C=O) groups is 2. The zero-order valence-corrected chi connectivity index (χ0v) is 12.3. The molecule has 1 aromatic carbocycles. The molecule has 1 rings (SSSR count). The molecule has 1 N–H and O–H groups in total. The number of aliphatic carboxylic acids is 1. The fourth-order valence-electron chi connectivity index (χ4n) is 1.84. The second-order valence-corrected chi connectivity index (χ2v) is 4.50. The van der Waals surface area contributed by atoms with Crippen LogP contribution in [0.1, 0.15) is 18.9 Å². The van der Waals surface area contributed by atoms with Gasteiger partial charge in [-0.15, -0.1) is 0 Å². The maximum absolute atomic E-state index is 12.1. The van der Waals surface area contributed by atoms with Gasteiger partial charge in [0.15, 0.2) is 0 Å². The first kappa shape index (κ1) is 17.3. The van der Waals surface area contributed by atoms with Crippen LogP contribution in [0.15, 0.2) is 35.4 Å². The monoisotopic (exact) mass is 306 g/mol. The molecule has 1 unspecified atom stereocenters. The number of amides is 1. The van der Waals surface area contributed by atoms with Crippen molar-refractivity contribution in [1.29, 1.82) is 0 Å². The predicted octanol–water partition coefficient (Wildman–Crippen LogP) is 2.80. The summed E-state index contributed by atoms with van der Waals surface area (Å²) in [5, 5.41) is 12.4. The molecule has 0 aliphatic rings. The average Bonchev–Trinajstić information content (AvgIpc) is 2.52. The van der Waals surface area contributed by atoms with Crippen molar-refractivity contribution in [3.63, 3.8) is 0 Å². The highest BCUT2D eigenvalue weighted by molar-refractivity contribution is 5.80. The summed E-state index contributed by atoms with van der Waals surface area (Å²) in [7, 11) is 0. The third kappa shape index (κ3) is 5.34. The van der Waals surface area contributed by atoms with Crippen molar-refractivity contribution < 1.29 is 19.4 Å². The van der Waals surface area contributed by atoms with Crippen LogP contribution in [0.5, 0.6) is 0 Å². The van der Waals surface area contributed by atoms with E-state index in [2.05, 4.69) is 10.0 Å². The molecule has 0 spiro atoms. The van der Waals surface area contributed by atoms with Crippen LogP contribution < -0.4 is 0 Å². The zero-order valence-electron chi connectivity index (χ0n) is 12.3. The summed E-state index contributed by atoms with van der Waals surface area (Å²) in [6.45, 7) is 1.72. The van der Waals surface area contributed by atoms with Crippen molar-refractivity contribution in [2.45, 2.75) is 26.0 Å². The summed E-state index contributed by atoms with van der Waals surface area (Å²) in [4.78, 5) is 27.0. The summed E-state index contributed by atoms with van der Waals surface area (Å²) < 4.78 is 5.14. The van der Waals surface area contributed by atoms with Crippen molar-refractivity contribution in [3.05, 3.63) is 46.3 Å². The van der Waals surface area contributed by atoms with Gasteiger partial charge in [0.2, 0.25) is 0 Å². The maximum atomic E-state index is 12.1. The van der Waals surface area contributed by atoms with Crippen LogP contribution in [0.4, 0.5) is 4.79 Å². The maximum Gasteiger partial charge on any atom is 0.410 e. The van der Waals surface area contributed by atoms with Gasteiger partial charge in [0.25, 0.3) is 0 Å². The quantitative estimate of drug-likeness (QED) is 0.451. The van der Waals surface area contributed by atoms with Crippen molar-refractivity contribution in [2.75, 3.05) is 13.1 Å². The highest BCUT2D eigenvalue weighted by Crippen LogP contribution is 2.09. The number of carboxylic acids is 1. The summed E-state index contributed by atoms with van der Waals surface area (Å²) >= 11 is 0. The normalized spacial score (nSPS) is 11.1. The lowest BCUT2D eigenvalue weighted by atomic mass is 10.2. The van der Waals surface area contributed by atoms with E-state index in [0.29, 0.717) is 6.42 Å². The molecule has 0 aliphatic carbocycles. The molecule has 0 fully saturated rings. The topological polar surface area (TPSA) is 116 Å². The van der Waals surface area contributed by atoms with Crippen molar-refractivity contribution in [2.24, 2.45) is 5.11 Å². The lowest BCUT2D eigenvalue weighted by Gasteiger charge is -2.26. The second kappa shape index (κ2) is 9.25. The largest absolute Gasteiger partial charge is 0.480 e. The number of ether oxygens (including phenoxy) is 1. The van der Waals surface area contributed by atoms with Gasteiger partial charge in [0.05, 0.1) is 6.54 Å². The van der Waals surface area contributed by atoms with E-state index in [-0.39, 0.29) is 19.7 Å². The Morgan fingerprint density at radius 3 is 2.64 bits per heavy atom. The van der Waals surface area contributed by atoms with Crippen LogP contribution in [-0.4, -0.2) is 41.2 Å². The molecule has 8 nitrogen and oxygen atoms in total. The molecule has 0 radical (unpaired) electrons. The first-order valence-corrected chi connectivity index (χ1v) is 6.81. The highest BCUT2D eigenvalue weighted by atomic mass is 16.6. The molecular weight excluding hydrogens is 288 g/mol. The van der Waals surface area contributed by atoms with Crippen LogP contribution in [0.25, 0.3) is 10.4 Å². The Morgan fingerprint density at radius 2 is 2.09 bits per heavy atom. The van der Waals surface area contributed by atoms with Crippen LogP contribution in [0.2, 0.25) is 0 Å². The Morgan fingerprint density at radius 1 is 1.41 bits per heavy atom. The molecule has 1 atom stereocenters. The first-order chi connectivity index (χ1) is 10.6. The van der Waals surface area contributed by atoms with E-state index in [1.807, 2.05) is 25.1 Å². The molecule has 0 aliphatic heterocycles. The van der Waals surface area contributed by atoms with Crippen molar-refractivity contribution in [3.8, 4) is 0 Å². The molecular formula is C14H18N4O4. The molecule has 0 aromatic heterocycles. The number of rotatable bonds is 8. The summed E-state index contributed by atoms with van der Waals surface area (Å²) in [6, 6.07) is 7.83. The van der Waals surface area contributed by atoms with E-state index in [1.165, 1.54) is 0 Å². The molecule has 0 bridgehead atoms. The summed E-state index contributed by atoms with van der Waals surface area (Å²) in [6.07, 6.45) is -0.188. The first-order valence-electron chi connectivity index (χ1n) is 6.81. The van der Waals surface area contributed by atoms with Gasteiger partial charge in [-0.3, -0.25) is 4.90 Å². The molecule has 0 heterocycles. The predicted molar refractivity (Wildman–Crippen MR) is 79.1 cm³/mol. The molecule has 1 aromatic rings. The minimum atomic E-state index is -1.24. The molecule has 118 valence electrons. The van der Waals surface area contributed by atoms with Gasteiger partial charge in [0.1, 0.15) is 12.6 Å². The van der Waals surface area contributed by atoms with Crippen LogP contribution >= 0.6 is 0 Å². The van der Waals surface area contributed by atoms with Crippen molar-refractivity contribution in [1.82, 2.24) is 4.90 Å². The van der Waals surface area contributed by atoms with Gasteiger partial charge >= 0.3 is 12.1 Å². The summed E-state index contributed by atoms with van der Waals surface area (Å²) in [5.74, 6) is -1.24. The Hall–Kier alpha value is -2.73. The fraction of sp³-hybridized carbons (Fsp3) is 0.429. The lowest BCUT2D eigenvalue weighted by Crippen LogP contribution is -2.47. The minimum absolute atomic E-state index is 0.0493. The third-order valence-electron chi connectivity index (χ3n) is 2.88. The Balaban J connectivity index is 2.76. The van der Waals surface area contributed by atoms with E-state index in [0.717, 1.165) is 10.5 Å². The number of benzene rings is 1. The number of hydrogen-bond acceptors (Lipinski definition) is 4. The molecule has 22 heavy (non-hydrogen) atoms. The Bertz CT molecular complexity index is 543. The Kier molecular flexibility index (Phi) is 7.28. The second-order valence-electron chi connectivity index (χ2n) is 4.50. The van der Waals surface area contributed by atoms with E-state index in [1.54, 1.807) is 12.1 Å². The SMILES string of the molecule is CCCN(C(=O)OCc1ccccc1)C(CN=[N+]=[N-])C(=O)O.